The van der Waals surface area contributed by atoms with Crippen LogP contribution in [-0.4, -0.2) is 36.7 Å². The van der Waals surface area contributed by atoms with Crippen molar-refractivity contribution in [2.75, 3.05) is 14.1 Å². The number of carboxylic acid groups (broad SMARTS) is 2. The third-order valence-corrected chi connectivity index (χ3v) is 0.211. The molecule has 0 fully saturated rings. The summed E-state index contributed by atoms with van der Waals surface area (Å²) in [5.74, 6) is 0. The van der Waals surface area contributed by atoms with Gasteiger partial charge in [-0.15, -0.1) is 0 Å². The predicted molar refractivity (Wildman–Crippen MR) is 27.8 cm³/mol. The third kappa shape index (κ3) is 116. The maximum atomic E-state index is 9.43. The van der Waals surface area contributed by atoms with Crippen LogP contribution >= 0.6 is 0 Å². The summed E-state index contributed by atoms with van der Waals surface area (Å²) < 4.78 is 0. The molecule has 0 aromatic carbocycles. The Kier molecular flexibility index (Phi) is 18.9. The average molecular weight is 157 g/mol. The smallest absolute Gasteiger partial charge is 0.565 e. The van der Waals surface area contributed by atoms with Crippen molar-refractivity contribution in [2.45, 2.75) is 0 Å². The first-order valence-corrected chi connectivity index (χ1v) is 2.02. The molecule has 0 aliphatic carbocycles. The summed E-state index contributed by atoms with van der Waals surface area (Å²) in [5, 5.41) is 15.3. The van der Waals surface area contributed by atoms with Gasteiger partial charge in [0.15, 0.2) is 0 Å². The van der Waals surface area contributed by atoms with Gasteiger partial charge >= 0.3 is 29.6 Å². The van der Waals surface area contributed by atoms with Crippen molar-refractivity contribution in [1.82, 2.24) is 4.90 Å². The van der Waals surface area contributed by atoms with Crippen LogP contribution in [0.3, 0.4) is 0 Å². The van der Waals surface area contributed by atoms with Crippen LogP contribution in [-0.2, 0) is 4.79 Å². The molecule has 0 spiro atoms. The van der Waals surface area contributed by atoms with Crippen LogP contribution in [0.4, 0.5) is 4.79 Å². The molecule has 6 heteroatoms. The molecule has 54 valence electrons. The molecule has 0 rings (SSSR count). The van der Waals surface area contributed by atoms with E-state index in [2.05, 4.69) is 0 Å². The van der Waals surface area contributed by atoms with Crippen molar-refractivity contribution in [2.24, 2.45) is 0 Å². The average Bonchev–Trinajstić information content (AvgIpc) is 1.65. The van der Waals surface area contributed by atoms with E-state index < -0.39 is 6.16 Å². The van der Waals surface area contributed by atoms with Crippen LogP contribution in [0.5, 0.6) is 0 Å². The Labute approximate surface area is 80.9 Å². The number of amides is 1. The Morgan fingerprint density at radius 2 is 1.70 bits per heavy atom. The van der Waals surface area contributed by atoms with Crippen molar-refractivity contribution >= 4 is 12.6 Å². The van der Waals surface area contributed by atoms with Crippen LogP contribution in [0.1, 0.15) is 0 Å². The van der Waals surface area contributed by atoms with E-state index >= 15 is 0 Å². The Morgan fingerprint density at radius 1 is 1.60 bits per heavy atom. The molecule has 0 heterocycles. The van der Waals surface area contributed by atoms with Gasteiger partial charge in [0.05, 0.1) is 0 Å². The summed E-state index contributed by atoms with van der Waals surface area (Å²) in [6.45, 7) is 0. The van der Waals surface area contributed by atoms with Crippen molar-refractivity contribution in [3.05, 3.63) is 0 Å². The fourth-order valence-electron chi connectivity index (χ4n) is 0. The van der Waals surface area contributed by atoms with Gasteiger partial charge in [-0.05, 0) is 0 Å². The fraction of sp³-hybridized carbons (Fsp3) is 0.500. The molecule has 0 saturated carbocycles. The van der Waals surface area contributed by atoms with Gasteiger partial charge in [0.1, 0.15) is 0 Å². The normalized spacial score (nSPS) is 5.80. The summed E-state index contributed by atoms with van der Waals surface area (Å²) in [4.78, 5) is 19.3. The quantitative estimate of drug-likeness (QED) is 0.308. The van der Waals surface area contributed by atoms with E-state index in [4.69, 9.17) is 15.0 Å². The molecule has 0 bridgehead atoms. The first-order chi connectivity index (χ1) is 4.00. The van der Waals surface area contributed by atoms with Gasteiger partial charge in [0, 0.05) is 14.1 Å². The number of hydrogen-bond acceptors (Lipinski definition) is 3. The van der Waals surface area contributed by atoms with Gasteiger partial charge in [0.2, 0.25) is 12.6 Å². The van der Waals surface area contributed by atoms with Crippen LogP contribution in [0.15, 0.2) is 0 Å². The Hall–Kier alpha value is -0.260. The summed E-state index contributed by atoms with van der Waals surface area (Å²) in [5.41, 5.74) is 0. The van der Waals surface area contributed by atoms with Gasteiger partial charge in [-0.1, -0.05) is 0 Å². The number of carbonyl (C=O) groups is 2. The van der Waals surface area contributed by atoms with Crippen molar-refractivity contribution in [3.63, 3.8) is 0 Å². The zero-order valence-electron chi connectivity index (χ0n) is 6.20. The van der Waals surface area contributed by atoms with Gasteiger partial charge in [-0.2, -0.15) is 0 Å². The molecule has 0 unspecified atom stereocenters. The zero-order chi connectivity index (χ0) is 7.86. The van der Waals surface area contributed by atoms with Crippen molar-refractivity contribution < 1.29 is 49.4 Å². The molecule has 5 nitrogen and oxygen atoms in total. The van der Waals surface area contributed by atoms with Crippen LogP contribution in [0.25, 0.3) is 0 Å². The maximum Gasteiger partial charge on any atom is 1.00 e. The van der Waals surface area contributed by atoms with E-state index in [-0.39, 0.29) is 29.6 Å². The topological polar surface area (TPSA) is 80.7 Å². The first-order valence-electron chi connectivity index (χ1n) is 2.02. The predicted octanol–water partition coefficient (Wildman–Crippen LogP) is -4.40. The van der Waals surface area contributed by atoms with Crippen molar-refractivity contribution in [1.29, 1.82) is 0 Å². The fourth-order valence-corrected chi connectivity index (χ4v) is 0. The number of carbonyl (C=O) groups excluding carboxylic acids is 1. The second-order valence-corrected chi connectivity index (χ2v) is 1.33. The Morgan fingerprint density at radius 3 is 1.70 bits per heavy atom. The minimum atomic E-state index is -2.08. The van der Waals surface area contributed by atoms with Crippen LogP contribution in [0.2, 0.25) is 0 Å². The molecule has 10 heavy (non-hydrogen) atoms. The van der Waals surface area contributed by atoms with Gasteiger partial charge in [-0.25, -0.2) is 0 Å². The molecule has 0 radical (unpaired) electrons. The van der Waals surface area contributed by atoms with Crippen LogP contribution < -0.4 is 34.7 Å². The van der Waals surface area contributed by atoms with E-state index in [0.29, 0.717) is 0 Å². The second kappa shape index (κ2) is 11.5. The van der Waals surface area contributed by atoms with Gasteiger partial charge < -0.3 is 19.9 Å². The SMILES string of the molecule is CN(C)C=O.O=C([O-])O.[Na+]. The summed E-state index contributed by atoms with van der Waals surface area (Å²) in [6.07, 6.45) is -1.33. The van der Waals surface area contributed by atoms with E-state index in [1.807, 2.05) is 0 Å². The molecule has 0 aliphatic rings. The number of hydrogen-bond donors (Lipinski definition) is 1. The van der Waals surface area contributed by atoms with E-state index in [9.17, 15) is 4.79 Å². The van der Waals surface area contributed by atoms with E-state index in [0.717, 1.165) is 6.41 Å². The molecule has 1 N–H and O–H groups in total. The Balaban J connectivity index is -0.0000000910. The molecule has 1 amide bonds. The minimum Gasteiger partial charge on any atom is -0.565 e. The third-order valence-electron chi connectivity index (χ3n) is 0.211. The van der Waals surface area contributed by atoms with Gasteiger partial charge in [0.25, 0.3) is 0 Å². The Bertz CT molecular complexity index is 91.3. The van der Waals surface area contributed by atoms with Crippen LogP contribution in [0, 0.1) is 0 Å². The maximum absolute atomic E-state index is 9.43. The minimum absolute atomic E-state index is 0. The molecular formula is C4H8NNaO4. The summed E-state index contributed by atoms with van der Waals surface area (Å²) >= 11 is 0. The molecule has 0 aromatic rings. The molecular weight excluding hydrogens is 149 g/mol. The molecule has 0 aliphatic heterocycles. The van der Waals surface area contributed by atoms with Gasteiger partial charge in [-0.3, -0.25) is 4.79 Å². The molecule has 0 saturated heterocycles. The number of nitrogens with zero attached hydrogens (tertiary/aromatic N) is 1. The van der Waals surface area contributed by atoms with E-state index in [1.54, 1.807) is 14.1 Å². The first kappa shape index (κ1) is 16.4. The standard InChI is InChI=1S/C3H7NO.CH2O3.Na/c1-4(2)3-5;2-1(3)4;/h3H,1-2H3;(H2,2,3,4);/q;;+1/p-1. The number of rotatable bonds is 1. The van der Waals surface area contributed by atoms with E-state index in [1.165, 1.54) is 4.90 Å². The second-order valence-electron chi connectivity index (χ2n) is 1.33. The summed E-state index contributed by atoms with van der Waals surface area (Å²) in [6, 6.07) is 0. The molecule has 0 atom stereocenters. The zero-order valence-corrected chi connectivity index (χ0v) is 8.20. The summed E-state index contributed by atoms with van der Waals surface area (Å²) in [7, 11) is 3.38. The monoisotopic (exact) mass is 157 g/mol. The molecule has 0 aromatic heterocycles. The van der Waals surface area contributed by atoms with Crippen molar-refractivity contribution in [3.8, 4) is 0 Å². The largest absolute Gasteiger partial charge is 1.00 e.